The highest BCUT2D eigenvalue weighted by molar-refractivity contribution is 7.79. The summed E-state index contributed by atoms with van der Waals surface area (Å²) >= 11 is 0. The fourth-order valence-corrected chi connectivity index (χ4v) is 4.54. The van der Waals surface area contributed by atoms with Crippen molar-refractivity contribution in [3.8, 4) is 0 Å². The third-order valence-corrected chi connectivity index (χ3v) is 4.60. The summed E-state index contributed by atoms with van der Waals surface area (Å²) in [7, 11) is -4.67. The van der Waals surface area contributed by atoms with Crippen LogP contribution in [0.15, 0.2) is 0 Å². The summed E-state index contributed by atoms with van der Waals surface area (Å²) in [6.45, 7) is 0.969. The van der Waals surface area contributed by atoms with E-state index < -0.39 is 10.4 Å². The first-order valence-corrected chi connectivity index (χ1v) is 7.59. The Labute approximate surface area is 102 Å². The molecule has 4 saturated carbocycles. The van der Waals surface area contributed by atoms with Crippen LogP contribution in [0.4, 0.5) is 0 Å². The van der Waals surface area contributed by atoms with Gasteiger partial charge in [0.05, 0.1) is 0 Å². The average molecular weight is 263 g/mol. The van der Waals surface area contributed by atoms with E-state index in [1.165, 1.54) is 38.5 Å². The molecule has 4 N–H and O–H groups in total. The Morgan fingerprint density at radius 1 is 1.00 bits per heavy atom. The fraction of sp³-hybridized carbons (Fsp3) is 1.00. The van der Waals surface area contributed by atoms with Crippen LogP contribution >= 0.6 is 0 Å². The van der Waals surface area contributed by atoms with E-state index in [4.69, 9.17) is 23.3 Å². The van der Waals surface area contributed by atoms with Crippen LogP contribution in [-0.4, -0.2) is 24.1 Å². The summed E-state index contributed by atoms with van der Waals surface area (Å²) in [4.78, 5) is 0. The zero-order valence-electron chi connectivity index (χ0n) is 9.88. The predicted molar refractivity (Wildman–Crippen MR) is 63.8 cm³/mol. The SMILES string of the molecule is NCC12CC3CC(CC(C3)C1)C2.O=S(=O)(O)O. The van der Waals surface area contributed by atoms with Gasteiger partial charge >= 0.3 is 10.4 Å². The Morgan fingerprint density at radius 2 is 1.29 bits per heavy atom. The van der Waals surface area contributed by atoms with Gasteiger partial charge in [0, 0.05) is 0 Å². The monoisotopic (exact) mass is 263 g/mol. The summed E-state index contributed by atoms with van der Waals surface area (Å²) in [5.41, 5.74) is 6.55. The topological polar surface area (TPSA) is 101 Å². The second-order valence-corrected chi connectivity index (χ2v) is 6.97. The molecule has 4 fully saturated rings. The second-order valence-electron chi connectivity index (χ2n) is 6.07. The van der Waals surface area contributed by atoms with Crippen LogP contribution in [-0.2, 0) is 10.4 Å². The first-order chi connectivity index (χ1) is 7.80. The number of nitrogens with two attached hydrogens (primary N) is 1. The fourth-order valence-electron chi connectivity index (χ4n) is 4.54. The first-order valence-electron chi connectivity index (χ1n) is 6.20. The van der Waals surface area contributed by atoms with Gasteiger partial charge in [0.1, 0.15) is 0 Å². The van der Waals surface area contributed by atoms with Gasteiger partial charge in [0.25, 0.3) is 0 Å². The Morgan fingerprint density at radius 3 is 1.53 bits per heavy atom. The van der Waals surface area contributed by atoms with Gasteiger partial charge in [-0.25, -0.2) is 0 Å². The Hall–Kier alpha value is -0.170. The summed E-state index contributed by atoms with van der Waals surface area (Å²) in [6.07, 6.45) is 9.03. The first kappa shape index (κ1) is 13.3. The van der Waals surface area contributed by atoms with Gasteiger partial charge in [-0.3, -0.25) is 9.11 Å². The summed E-state index contributed by atoms with van der Waals surface area (Å²) < 4.78 is 31.6. The van der Waals surface area contributed by atoms with E-state index in [-0.39, 0.29) is 0 Å². The van der Waals surface area contributed by atoms with Crippen molar-refractivity contribution in [2.24, 2.45) is 28.9 Å². The molecule has 0 aromatic carbocycles. The molecule has 100 valence electrons. The molecule has 0 heterocycles. The quantitative estimate of drug-likeness (QED) is 0.622. The van der Waals surface area contributed by atoms with Gasteiger partial charge < -0.3 is 5.73 Å². The highest BCUT2D eigenvalue weighted by Gasteiger charge is 2.49. The van der Waals surface area contributed by atoms with Crippen molar-refractivity contribution in [1.82, 2.24) is 0 Å². The lowest BCUT2D eigenvalue weighted by atomic mass is 9.50. The smallest absolute Gasteiger partial charge is 0.330 e. The maximum atomic E-state index is 8.74. The minimum atomic E-state index is -4.67. The Kier molecular flexibility index (Phi) is 3.51. The molecule has 0 amide bonds. The molecule has 4 aliphatic rings. The Balaban J connectivity index is 0.000000188. The van der Waals surface area contributed by atoms with Gasteiger partial charge in [0.15, 0.2) is 0 Å². The van der Waals surface area contributed by atoms with Gasteiger partial charge in [-0.1, -0.05) is 0 Å². The molecular formula is C11H21NO4S. The molecule has 0 aromatic heterocycles. The van der Waals surface area contributed by atoms with E-state index in [0.29, 0.717) is 5.41 Å². The van der Waals surface area contributed by atoms with Crippen LogP contribution in [0.5, 0.6) is 0 Å². The molecule has 0 spiro atoms. The number of hydrogen-bond donors (Lipinski definition) is 3. The maximum absolute atomic E-state index is 8.74. The minimum Gasteiger partial charge on any atom is -0.330 e. The molecule has 0 unspecified atom stereocenters. The van der Waals surface area contributed by atoms with Gasteiger partial charge in [0.2, 0.25) is 0 Å². The lowest BCUT2D eigenvalue weighted by Crippen LogP contribution is -2.49. The highest BCUT2D eigenvalue weighted by atomic mass is 32.3. The molecule has 5 nitrogen and oxygen atoms in total. The molecule has 0 atom stereocenters. The van der Waals surface area contributed by atoms with Crippen molar-refractivity contribution in [3.05, 3.63) is 0 Å². The van der Waals surface area contributed by atoms with Gasteiger partial charge in [-0.2, -0.15) is 8.42 Å². The summed E-state index contributed by atoms with van der Waals surface area (Å²) in [5.74, 6) is 3.21. The highest BCUT2D eigenvalue weighted by Crippen LogP contribution is 2.59. The van der Waals surface area contributed by atoms with Crippen LogP contribution in [0.1, 0.15) is 38.5 Å². The minimum absolute atomic E-state index is 0.620. The molecule has 0 saturated heterocycles. The van der Waals surface area contributed by atoms with Crippen molar-refractivity contribution in [1.29, 1.82) is 0 Å². The predicted octanol–water partition coefficient (Wildman–Crippen LogP) is 1.51. The largest absolute Gasteiger partial charge is 0.394 e. The van der Waals surface area contributed by atoms with Crippen LogP contribution < -0.4 is 5.73 Å². The number of rotatable bonds is 1. The maximum Gasteiger partial charge on any atom is 0.394 e. The van der Waals surface area contributed by atoms with E-state index in [2.05, 4.69) is 0 Å². The molecular weight excluding hydrogens is 242 g/mol. The van der Waals surface area contributed by atoms with E-state index in [1.807, 2.05) is 0 Å². The molecule has 17 heavy (non-hydrogen) atoms. The third-order valence-electron chi connectivity index (χ3n) is 4.60. The molecule has 4 bridgehead atoms. The third kappa shape index (κ3) is 3.40. The van der Waals surface area contributed by atoms with Crippen molar-refractivity contribution in [2.75, 3.05) is 6.54 Å². The van der Waals surface area contributed by atoms with E-state index >= 15 is 0 Å². The lowest BCUT2D eigenvalue weighted by Gasteiger charge is -2.56. The van der Waals surface area contributed by atoms with Crippen LogP contribution in [0.3, 0.4) is 0 Å². The van der Waals surface area contributed by atoms with Crippen LogP contribution in [0.25, 0.3) is 0 Å². The van der Waals surface area contributed by atoms with Gasteiger partial charge in [-0.05, 0) is 68.2 Å². The van der Waals surface area contributed by atoms with E-state index in [0.717, 1.165) is 24.3 Å². The zero-order chi connectivity index (χ0) is 12.7. The number of hydrogen-bond acceptors (Lipinski definition) is 3. The molecule has 4 rings (SSSR count). The summed E-state index contributed by atoms with van der Waals surface area (Å²) in [5, 5.41) is 0. The molecule has 0 aromatic rings. The van der Waals surface area contributed by atoms with Crippen LogP contribution in [0, 0.1) is 23.2 Å². The summed E-state index contributed by atoms with van der Waals surface area (Å²) in [6, 6.07) is 0. The van der Waals surface area contributed by atoms with Crippen molar-refractivity contribution < 1.29 is 17.5 Å². The molecule has 0 radical (unpaired) electrons. The zero-order valence-corrected chi connectivity index (χ0v) is 10.7. The molecule has 6 heteroatoms. The van der Waals surface area contributed by atoms with Crippen molar-refractivity contribution in [2.45, 2.75) is 38.5 Å². The molecule has 4 aliphatic carbocycles. The van der Waals surface area contributed by atoms with E-state index in [1.54, 1.807) is 0 Å². The van der Waals surface area contributed by atoms with Crippen molar-refractivity contribution >= 4 is 10.4 Å². The lowest BCUT2D eigenvalue weighted by molar-refractivity contribution is -0.0468. The standard InChI is InChI=1S/C11H19N.H2O4S/c12-7-11-4-8-1-9(5-11)3-10(2-8)6-11;1-5(2,3)4/h8-10H,1-7,12H2;(H2,1,2,3,4). The second kappa shape index (κ2) is 4.50. The van der Waals surface area contributed by atoms with E-state index in [9.17, 15) is 0 Å². The van der Waals surface area contributed by atoms with Crippen LogP contribution in [0.2, 0.25) is 0 Å². The van der Waals surface area contributed by atoms with Gasteiger partial charge in [-0.15, -0.1) is 0 Å². The van der Waals surface area contributed by atoms with Crippen molar-refractivity contribution in [3.63, 3.8) is 0 Å². The normalized spacial score (nSPS) is 43.1. The Bertz CT molecular complexity index is 336. The average Bonchev–Trinajstić information content (AvgIpc) is 2.12. The molecule has 0 aliphatic heterocycles.